The molecule has 1 aliphatic rings. The third-order valence-electron chi connectivity index (χ3n) is 3.90. The molecule has 2 aromatic rings. The minimum atomic E-state index is -1.08. The molecule has 0 bridgehead atoms. The van der Waals surface area contributed by atoms with E-state index in [9.17, 15) is 5.11 Å². The predicted molar refractivity (Wildman–Crippen MR) is 80.8 cm³/mol. The second kappa shape index (κ2) is 4.96. The number of hydrogen-bond acceptors (Lipinski definition) is 2. The summed E-state index contributed by atoms with van der Waals surface area (Å²) in [5, 5.41) is 12.2. The molecular weight excluding hydrogens is 295 g/mol. The largest absolute Gasteiger partial charge is 0.497 e. The lowest BCUT2D eigenvalue weighted by Gasteiger charge is -2.26. The van der Waals surface area contributed by atoms with Crippen molar-refractivity contribution in [2.24, 2.45) is 0 Å². The summed E-state index contributed by atoms with van der Waals surface area (Å²) in [5.74, 6) is 0.731. The Morgan fingerprint density at radius 3 is 2.60 bits per heavy atom. The van der Waals surface area contributed by atoms with Crippen LogP contribution in [0.15, 0.2) is 36.4 Å². The monoisotopic (exact) mass is 308 g/mol. The third kappa shape index (κ3) is 2.08. The van der Waals surface area contributed by atoms with Crippen molar-refractivity contribution in [1.82, 2.24) is 0 Å². The van der Waals surface area contributed by atoms with Gasteiger partial charge in [-0.15, -0.1) is 0 Å². The smallest absolute Gasteiger partial charge is 0.119 e. The molecule has 0 amide bonds. The van der Waals surface area contributed by atoms with Gasteiger partial charge in [-0.25, -0.2) is 0 Å². The molecule has 104 valence electrons. The summed E-state index contributed by atoms with van der Waals surface area (Å²) in [5.41, 5.74) is 1.60. The van der Waals surface area contributed by atoms with Crippen LogP contribution in [0.25, 0.3) is 0 Å². The minimum absolute atomic E-state index is 0.482. The van der Waals surface area contributed by atoms with Crippen molar-refractivity contribution >= 4 is 23.2 Å². The summed E-state index contributed by atoms with van der Waals surface area (Å²) in [6.45, 7) is 0. The molecule has 1 aliphatic carbocycles. The molecule has 0 spiro atoms. The van der Waals surface area contributed by atoms with Crippen LogP contribution in [-0.2, 0) is 12.0 Å². The van der Waals surface area contributed by atoms with Crippen molar-refractivity contribution < 1.29 is 9.84 Å². The number of aliphatic hydroxyl groups is 1. The number of benzene rings is 2. The molecular formula is C16H14Cl2O2. The summed E-state index contributed by atoms with van der Waals surface area (Å²) < 4.78 is 5.25. The summed E-state index contributed by atoms with van der Waals surface area (Å²) >= 11 is 12.2. The summed E-state index contributed by atoms with van der Waals surface area (Å²) in [6, 6.07) is 11.0. The highest BCUT2D eigenvalue weighted by molar-refractivity contribution is 6.35. The molecule has 20 heavy (non-hydrogen) atoms. The van der Waals surface area contributed by atoms with Crippen LogP contribution in [0.1, 0.15) is 23.1 Å². The van der Waals surface area contributed by atoms with E-state index in [0.717, 1.165) is 23.3 Å². The molecule has 3 rings (SSSR count). The van der Waals surface area contributed by atoms with Crippen LogP contribution in [0, 0.1) is 0 Å². The average molecular weight is 309 g/mol. The molecule has 0 saturated carbocycles. The quantitative estimate of drug-likeness (QED) is 0.901. The Hall–Kier alpha value is -1.22. The SMILES string of the molecule is COc1ccc2c(c1)C(O)(c1ccc(Cl)cc1Cl)CC2. The minimum Gasteiger partial charge on any atom is -0.497 e. The Kier molecular flexibility index (Phi) is 3.41. The molecule has 1 atom stereocenters. The first kappa shape index (κ1) is 13.7. The van der Waals surface area contributed by atoms with E-state index in [2.05, 4.69) is 0 Å². The first-order valence-electron chi connectivity index (χ1n) is 6.40. The first-order valence-corrected chi connectivity index (χ1v) is 7.15. The lowest BCUT2D eigenvalue weighted by molar-refractivity contribution is 0.0828. The molecule has 0 fully saturated rings. The average Bonchev–Trinajstić information content (AvgIpc) is 2.76. The number of halogens is 2. The molecule has 2 nitrogen and oxygen atoms in total. The van der Waals surface area contributed by atoms with Crippen molar-refractivity contribution in [3.63, 3.8) is 0 Å². The number of ether oxygens (including phenoxy) is 1. The van der Waals surface area contributed by atoms with E-state index in [1.54, 1.807) is 25.3 Å². The van der Waals surface area contributed by atoms with Gasteiger partial charge in [0.1, 0.15) is 11.4 Å². The molecule has 1 N–H and O–H groups in total. The van der Waals surface area contributed by atoms with Crippen LogP contribution in [0.2, 0.25) is 10.0 Å². The molecule has 2 aromatic carbocycles. The van der Waals surface area contributed by atoms with Crippen molar-refractivity contribution in [2.75, 3.05) is 7.11 Å². The van der Waals surface area contributed by atoms with Crippen molar-refractivity contribution in [1.29, 1.82) is 0 Å². The molecule has 1 unspecified atom stereocenters. The zero-order valence-electron chi connectivity index (χ0n) is 11.0. The van der Waals surface area contributed by atoms with Gasteiger partial charge in [-0.1, -0.05) is 35.3 Å². The van der Waals surface area contributed by atoms with Gasteiger partial charge in [0, 0.05) is 15.6 Å². The number of fused-ring (bicyclic) bond motifs is 1. The van der Waals surface area contributed by atoms with Crippen LogP contribution >= 0.6 is 23.2 Å². The fraction of sp³-hybridized carbons (Fsp3) is 0.250. The highest BCUT2D eigenvalue weighted by Crippen LogP contribution is 2.45. The van der Waals surface area contributed by atoms with Gasteiger partial charge < -0.3 is 9.84 Å². The van der Waals surface area contributed by atoms with Gasteiger partial charge in [0.25, 0.3) is 0 Å². The maximum absolute atomic E-state index is 11.1. The Morgan fingerprint density at radius 2 is 1.90 bits per heavy atom. The standard InChI is InChI=1S/C16H14Cl2O2/c1-20-12-4-2-10-6-7-16(19,14(10)9-12)13-5-3-11(17)8-15(13)18/h2-5,8-9,19H,6-7H2,1H3. The van der Waals surface area contributed by atoms with Crippen LogP contribution in [-0.4, -0.2) is 12.2 Å². The second-order valence-corrected chi connectivity index (χ2v) is 5.85. The lowest BCUT2D eigenvalue weighted by atomic mass is 9.88. The zero-order chi connectivity index (χ0) is 14.3. The first-order chi connectivity index (χ1) is 9.54. The van der Waals surface area contributed by atoms with Gasteiger partial charge in [-0.2, -0.15) is 0 Å². The maximum atomic E-state index is 11.1. The van der Waals surface area contributed by atoms with E-state index in [1.165, 1.54) is 0 Å². The highest BCUT2D eigenvalue weighted by atomic mass is 35.5. The second-order valence-electron chi connectivity index (χ2n) is 5.01. The van der Waals surface area contributed by atoms with Gasteiger partial charge in [-0.05, 0) is 48.2 Å². The summed E-state index contributed by atoms with van der Waals surface area (Å²) in [7, 11) is 1.62. The van der Waals surface area contributed by atoms with Gasteiger partial charge in [0.15, 0.2) is 0 Å². The van der Waals surface area contributed by atoms with E-state index in [0.29, 0.717) is 22.0 Å². The summed E-state index contributed by atoms with van der Waals surface area (Å²) in [6.07, 6.45) is 1.42. The van der Waals surface area contributed by atoms with Crippen LogP contribution in [0.3, 0.4) is 0 Å². The van der Waals surface area contributed by atoms with E-state index in [4.69, 9.17) is 27.9 Å². The number of aryl methyl sites for hydroxylation is 1. The van der Waals surface area contributed by atoms with Crippen molar-refractivity contribution in [3.8, 4) is 5.75 Å². The number of methoxy groups -OCH3 is 1. The van der Waals surface area contributed by atoms with Gasteiger partial charge in [0.2, 0.25) is 0 Å². The van der Waals surface area contributed by atoms with Crippen molar-refractivity contribution in [3.05, 3.63) is 63.1 Å². The van der Waals surface area contributed by atoms with Crippen LogP contribution < -0.4 is 4.74 Å². The molecule has 4 heteroatoms. The van der Waals surface area contributed by atoms with E-state index in [1.807, 2.05) is 18.2 Å². The van der Waals surface area contributed by atoms with Crippen LogP contribution in [0.5, 0.6) is 5.75 Å². The highest BCUT2D eigenvalue weighted by Gasteiger charge is 2.40. The summed E-state index contributed by atoms with van der Waals surface area (Å²) in [4.78, 5) is 0. The molecule has 0 aromatic heterocycles. The Balaban J connectivity index is 2.16. The molecule has 0 heterocycles. The van der Waals surface area contributed by atoms with E-state index >= 15 is 0 Å². The number of hydrogen-bond donors (Lipinski definition) is 1. The fourth-order valence-electron chi connectivity index (χ4n) is 2.84. The van der Waals surface area contributed by atoms with Gasteiger partial charge in [0.05, 0.1) is 7.11 Å². The lowest BCUT2D eigenvalue weighted by Crippen LogP contribution is -2.24. The van der Waals surface area contributed by atoms with Gasteiger partial charge >= 0.3 is 0 Å². The van der Waals surface area contributed by atoms with Gasteiger partial charge in [-0.3, -0.25) is 0 Å². The normalized spacial score (nSPS) is 20.8. The Labute approximate surface area is 127 Å². The molecule has 0 radical (unpaired) electrons. The maximum Gasteiger partial charge on any atom is 0.119 e. The van der Waals surface area contributed by atoms with E-state index in [-0.39, 0.29) is 0 Å². The third-order valence-corrected chi connectivity index (χ3v) is 4.44. The number of rotatable bonds is 2. The fourth-order valence-corrected chi connectivity index (χ4v) is 3.41. The molecule has 0 aliphatic heterocycles. The topological polar surface area (TPSA) is 29.5 Å². The van der Waals surface area contributed by atoms with Crippen molar-refractivity contribution in [2.45, 2.75) is 18.4 Å². The Morgan fingerprint density at radius 1 is 1.10 bits per heavy atom. The van der Waals surface area contributed by atoms with E-state index < -0.39 is 5.60 Å². The molecule has 0 saturated heterocycles. The predicted octanol–water partition coefficient (Wildman–Crippen LogP) is 4.18. The van der Waals surface area contributed by atoms with Crippen LogP contribution in [0.4, 0.5) is 0 Å². The Bertz CT molecular complexity index is 670. The zero-order valence-corrected chi connectivity index (χ0v) is 12.5.